The third-order valence-electron chi connectivity index (χ3n) is 1.85. The van der Waals surface area contributed by atoms with Crippen LogP contribution in [-0.4, -0.2) is 5.11 Å². The first-order valence-electron chi connectivity index (χ1n) is 3.96. The Balaban J connectivity index is 2.68. The van der Waals surface area contributed by atoms with Crippen molar-refractivity contribution >= 4 is 11.3 Å². The smallest absolute Gasteiger partial charge is 0.0911 e. The van der Waals surface area contributed by atoms with Crippen LogP contribution >= 0.6 is 11.3 Å². The second kappa shape index (κ2) is 4.22. The summed E-state index contributed by atoms with van der Waals surface area (Å²) in [6.45, 7) is 1.75. The molecule has 1 atom stereocenters. The summed E-state index contributed by atoms with van der Waals surface area (Å²) in [5, 5.41) is 22.1. The fourth-order valence-electron chi connectivity index (χ4n) is 1.03. The van der Waals surface area contributed by atoms with Gasteiger partial charge in [-0.25, -0.2) is 0 Å². The molecule has 1 aromatic rings. The Bertz CT molecular complexity index is 319. The first kappa shape index (κ1) is 9.97. The average Bonchev–Trinajstić information content (AvgIpc) is 2.56. The Morgan fingerprint density at radius 1 is 1.77 bits per heavy atom. The van der Waals surface area contributed by atoms with Crippen LogP contribution in [0.3, 0.4) is 0 Å². The van der Waals surface area contributed by atoms with E-state index in [-0.39, 0.29) is 0 Å². The Labute approximate surface area is 81.8 Å². The minimum atomic E-state index is -0.854. The summed E-state index contributed by atoms with van der Waals surface area (Å²) in [7, 11) is 0. The zero-order chi connectivity index (χ0) is 9.73. The zero-order valence-corrected chi connectivity index (χ0v) is 8.21. The van der Waals surface area contributed by atoms with Crippen LogP contribution in [0.5, 0.6) is 0 Å². The lowest BCUT2D eigenvalue weighted by atomic mass is 9.95. The van der Waals surface area contributed by atoms with Crippen LogP contribution in [0.25, 0.3) is 0 Å². The number of allylic oxidation sites excluding steroid dienone is 1. The Morgan fingerprint density at radius 3 is 3.08 bits per heavy atom. The average molecular weight is 193 g/mol. The van der Waals surface area contributed by atoms with Crippen LogP contribution in [0.4, 0.5) is 0 Å². The quantitative estimate of drug-likeness (QED) is 0.749. The fraction of sp³-hybridized carbons (Fsp3) is 0.300. The number of thiophene rings is 1. The van der Waals surface area contributed by atoms with Crippen LogP contribution in [-0.2, 0) is 5.60 Å². The number of hydrogen-bond acceptors (Lipinski definition) is 3. The first-order chi connectivity index (χ1) is 6.17. The summed E-state index contributed by atoms with van der Waals surface area (Å²) in [6, 6.07) is 3.79. The lowest BCUT2D eigenvalue weighted by Gasteiger charge is -2.19. The van der Waals surface area contributed by atoms with Gasteiger partial charge in [-0.05, 0) is 35.7 Å². The van der Waals surface area contributed by atoms with Crippen molar-refractivity contribution in [3.8, 4) is 6.07 Å². The maximum atomic E-state index is 9.95. The molecule has 0 fully saturated rings. The molecule has 0 saturated carbocycles. The van der Waals surface area contributed by atoms with E-state index < -0.39 is 5.60 Å². The van der Waals surface area contributed by atoms with E-state index >= 15 is 0 Å². The predicted octanol–water partition coefficient (Wildman–Crippen LogP) is 2.43. The lowest BCUT2D eigenvalue weighted by Crippen LogP contribution is -2.18. The molecule has 0 amide bonds. The molecule has 13 heavy (non-hydrogen) atoms. The highest BCUT2D eigenvalue weighted by Crippen LogP contribution is 2.26. The van der Waals surface area contributed by atoms with Crippen LogP contribution in [0.15, 0.2) is 29.0 Å². The van der Waals surface area contributed by atoms with Crippen LogP contribution in [0.2, 0.25) is 0 Å². The van der Waals surface area contributed by atoms with Gasteiger partial charge in [-0.1, -0.05) is 6.08 Å². The monoisotopic (exact) mass is 193 g/mol. The number of nitriles is 1. The SMILES string of the molecule is C[C@](O)(C/C=C\C#N)c1ccsc1. The zero-order valence-electron chi connectivity index (χ0n) is 7.40. The van der Waals surface area contributed by atoms with Gasteiger partial charge in [0.2, 0.25) is 0 Å². The fourth-order valence-corrected chi connectivity index (χ4v) is 1.81. The van der Waals surface area contributed by atoms with Gasteiger partial charge >= 0.3 is 0 Å². The van der Waals surface area contributed by atoms with Gasteiger partial charge in [-0.2, -0.15) is 16.6 Å². The standard InChI is InChI=1S/C10H11NOS/c1-10(12,5-2-3-6-11)9-4-7-13-8-9/h2-4,7-8,12H,5H2,1H3/b3-2-/t10-/m0/s1. The molecule has 0 bridgehead atoms. The number of rotatable bonds is 3. The number of nitrogens with zero attached hydrogens (tertiary/aromatic N) is 1. The van der Waals surface area contributed by atoms with E-state index in [4.69, 9.17) is 5.26 Å². The van der Waals surface area contributed by atoms with E-state index in [9.17, 15) is 5.11 Å². The summed E-state index contributed by atoms with van der Waals surface area (Å²) < 4.78 is 0. The van der Waals surface area contributed by atoms with E-state index in [1.54, 1.807) is 24.3 Å². The molecule has 3 heteroatoms. The van der Waals surface area contributed by atoms with E-state index in [0.29, 0.717) is 6.42 Å². The highest BCUT2D eigenvalue weighted by molar-refractivity contribution is 7.08. The van der Waals surface area contributed by atoms with Gasteiger partial charge in [0.15, 0.2) is 0 Å². The molecule has 0 aromatic carbocycles. The van der Waals surface area contributed by atoms with Gasteiger partial charge < -0.3 is 5.11 Å². The number of hydrogen-bond donors (Lipinski definition) is 1. The van der Waals surface area contributed by atoms with Gasteiger partial charge in [0.25, 0.3) is 0 Å². The molecule has 0 radical (unpaired) electrons. The van der Waals surface area contributed by atoms with E-state index in [1.165, 1.54) is 6.08 Å². The molecule has 0 spiro atoms. The van der Waals surface area contributed by atoms with E-state index in [0.717, 1.165) is 5.56 Å². The molecule has 68 valence electrons. The molecule has 1 rings (SSSR count). The minimum absolute atomic E-state index is 0.470. The largest absolute Gasteiger partial charge is 0.385 e. The molecule has 1 heterocycles. The lowest BCUT2D eigenvalue weighted by molar-refractivity contribution is 0.0610. The molecule has 0 unspecified atom stereocenters. The van der Waals surface area contributed by atoms with Crippen molar-refractivity contribution in [3.05, 3.63) is 34.5 Å². The van der Waals surface area contributed by atoms with Crippen molar-refractivity contribution in [2.24, 2.45) is 0 Å². The topological polar surface area (TPSA) is 44.0 Å². The third kappa shape index (κ3) is 2.69. The minimum Gasteiger partial charge on any atom is -0.385 e. The summed E-state index contributed by atoms with van der Waals surface area (Å²) in [6.07, 6.45) is 3.54. The summed E-state index contributed by atoms with van der Waals surface area (Å²) in [5.41, 5.74) is 0.0490. The van der Waals surface area contributed by atoms with Crippen LogP contribution < -0.4 is 0 Å². The molecular formula is C10H11NOS. The van der Waals surface area contributed by atoms with E-state index in [1.807, 2.05) is 22.9 Å². The molecule has 2 nitrogen and oxygen atoms in total. The van der Waals surface area contributed by atoms with Gasteiger partial charge in [0.05, 0.1) is 11.7 Å². The molecule has 0 aliphatic carbocycles. The highest BCUT2D eigenvalue weighted by atomic mass is 32.1. The van der Waals surface area contributed by atoms with Gasteiger partial charge in [-0.15, -0.1) is 0 Å². The van der Waals surface area contributed by atoms with Gasteiger partial charge in [0.1, 0.15) is 0 Å². The first-order valence-corrected chi connectivity index (χ1v) is 4.91. The van der Waals surface area contributed by atoms with Crippen molar-refractivity contribution in [1.29, 1.82) is 5.26 Å². The Hall–Kier alpha value is -1.11. The van der Waals surface area contributed by atoms with Crippen molar-refractivity contribution in [2.45, 2.75) is 18.9 Å². The van der Waals surface area contributed by atoms with Crippen molar-refractivity contribution in [2.75, 3.05) is 0 Å². The van der Waals surface area contributed by atoms with Crippen molar-refractivity contribution in [3.63, 3.8) is 0 Å². The molecule has 0 aliphatic heterocycles. The van der Waals surface area contributed by atoms with E-state index in [2.05, 4.69) is 0 Å². The maximum absolute atomic E-state index is 9.95. The molecule has 0 saturated heterocycles. The molecule has 1 N–H and O–H groups in total. The Kier molecular flexibility index (Phi) is 3.24. The molecule has 1 aromatic heterocycles. The normalized spacial score (nSPS) is 15.5. The van der Waals surface area contributed by atoms with Gasteiger partial charge in [0, 0.05) is 6.08 Å². The van der Waals surface area contributed by atoms with Crippen molar-refractivity contribution in [1.82, 2.24) is 0 Å². The maximum Gasteiger partial charge on any atom is 0.0911 e. The summed E-state index contributed by atoms with van der Waals surface area (Å²) in [4.78, 5) is 0. The second-order valence-electron chi connectivity index (χ2n) is 3.02. The number of aliphatic hydroxyl groups is 1. The summed E-state index contributed by atoms with van der Waals surface area (Å²) >= 11 is 1.56. The Morgan fingerprint density at radius 2 is 2.54 bits per heavy atom. The second-order valence-corrected chi connectivity index (χ2v) is 3.80. The molecular weight excluding hydrogens is 182 g/mol. The van der Waals surface area contributed by atoms with Crippen LogP contribution in [0, 0.1) is 11.3 Å². The highest BCUT2D eigenvalue weighted by Gasteiger charge is 2.21. The van der Waals surface area contributed by atoms with Gasteiger partial charge in [-0.3, -0.25) is 0 Å². The van der Waals surface area contributed by atoms with Crippen molar-refractivity contribution < 1.29 is 5.11 Å². The third-order valence-corrected chi connectivity index (χ3v) is 2.53. The molecule has 0 aliphatic rings. The van der Waals surface area contributed by atoms with Crippen LogP contribution in [0.1, 0.15) is 18.9 Å². The predicted molar refractivity (Wildman–Crippen MR) is 53.3 cm³/mol. The summed E-state index contributed by atoms with van der Waals surface area (Å²) in [5.74, 6) is 0.